The number of nitrogens with zero attached hydrogens (tertiary/aromatic N) is 3. The van der Waals surface area contributed by atoms with Crippen molar-refractivity contribution in [3.63, 3.8) is 0 Å². The number of carbonyl (C=O) groups is 1. The molecule has 4 rings (SSSR count). The van der Waals surface area contributed by atoms with E-state index in [1.807, 2.05) is 47.0 Å². The number of para-hydroxylation sites is 2. The van der Waals surface area contributed by atoms with E-state index in [4.69, 9.17) is 9.47 Å². The summed E-state index contributed by atoms with van der Waals surface area (Å²) in [6, 6.07) is 14.8. The van der Waals surface area contributed by atoms with E-state index in [-0.39, 0.29) is 5.91 Å². The predicted octanol–water partition coefficient (Wildman–Crippen LogP) is 4.15. The lowest BCUT2D eigenvalue weighted by Crippen LogP contribution is -2.37. The summed E-state index contributed by atoms with van der Waals surface area (Å²) in [5, 5.41) is 12.5. The Morgan fingerprint density at radius 2 is 2.03 bits per heavy atom. The third-order valence-corrected chi connectivity index (χ3v) is 5.33. The highest BCUT2D eigenvalue weighted by molar-refractivity contribution is 5.97. The number of aromatic nitrogens is 2. The number of fused-ring (bicyclic) bond motifs is 3. The Hall–Kier alpha value is -3.53. The summed E-state index contributed by atoms with van der Waals surface area (Å²) in [7, 11) is 1.59. The normalized spacial score (nSPS) is 18.0. The number of anilines is 1. The van der Waals surface area contributed by atoms with Crippen LogP contribution in [0.2, 0.25) is 0 Å². The first-order valence-corrected chi connectivity index (χ1v) is 10.0. The third kappa shape index (κ3) is 3.45. The van der Waals surface area contributed by atoms with Crippen LogP contribution in [0.5, 0.6) is 11.5 Å². The van der Waals surface area contributed by atoms with Gasteiger partial charge in [-0.15, -0.1) is 0 Å². The molecule has 1 amide bonds. The Kier molecular flexibility index (Phi) is 5.32. The number of nitriles is 1. The van der Waals surface area contributed by atoms with Gasteiger partial charge in [-0.3, -0.25) is 10.1 Å². The minimum atomic E-state index is -0.896. The molecule has 2 aromatic carbocycles. The van der Waals surface area contributed by atoms with Gasteiger partial charge in [-0.1, -0.05) is 32.0 Å². The van der Waals surface area contributed by atoms with E-state index in [1.54, 1.807) is 7.11 Å². The molecule has 2 atom stereocenters. The summed E-state index contributed by atoms with van der Waals surface area (Å²) in [6.07, 6.45) is 0.939. The standard InChI is InChI=1S/C23H24N4O3/c1-14(2)10-11-30-19-9-8-15(12-20(19)29-3)21-16(13-24)22(28)26-23-25-17-6-4-5-7-18(17)27(21)23/h4-9,12,14,16,21H,10-11H2,1-3H3,(H,25,26,28). The number of benzene rings is 2. The van der Waals surface area contributed by atoms with Gasteiger partial charge in [0.25, 0.3) is 0 Å². The van der Waals surface area contributed by atoms with E-state index >= 15 is 0 Å². The SMILES string of the molecule is COc1cc(C2C(C#N)C(=O)Nc3nc4ccccc4n32)ccc1OCCC(C)C. The molecule has 2 unspecified atom stereocenters. The fourth-order valence-electron chi connectivity index (χ4n) is 3.76. The molecule has 1 aromatic heterocycles. The molecule has 1 aliphatic rings. The zero-order valence-electron chi connectivity index (χ0n) is 17.3. The van der Waals surface area contributed by atoms with Crippen LogP contribution < -0.4 is 14.8 Å². The van der Waals surface area contributed by atoms with E-state index < -0.39 is 12.0 Å². The first-order valence-electron chi connectivity index (χ1n) is 10.0. The number of ether oxygens (including phenoxy) is 2. The zero-order valence-corrected chi connectivity index (χ0v) is 17.3. The van der Waals surface area contributed by atoms with Gasteiger partial charge >= 0.3 is 0 Å². The van der Waals surface area contributed by atoms with Crippen LogP contribution in [0, 0.1) is 23.2 Å². The Bertz CT molecular complexity index is 1130. The molecule has 0 fully saturated rings. The molecule has 7 nitrogen and oxygen atoms in total. The van der Waals surface area contributed by atoms with Crippen LogP contribution in [0.15, 0.2) is 42.5 Å². The quantitative estimate of drug-likeness (QED) is 0.667. The highest BCUT2D eigenvalue weighted by Gasteiger charge is 2.39. The van der Waals surface area contributed by atoms with Crippen LogP contribution in [0.3, 0.4) is 0 Å². The summed E-state index contributed by atoms with van der Waals surface area (Å²) in [5.41, 5.74) is 2.40. The Labute approximate surface area is 175 Å². The maximum Gasteiger partial charge on any atom is 0.246 e. The minimum absolute atomic E-state index is 0.360. The van der Waals surface area contributed by atoms with Crippen LogP contribution in [0.4, 0.5) is 5.95 Å². The molecule has 0 spiro atoms. The molecule has 0 aliphatic carbocycles. The highest BCUT2D eigenvalue weighted by atomic mass is 16.5. The number of rotatable bonds is 6. The van der Waals surface area contributed by atoms with Gasteiger partial charge in [-0.25, -0.2) is 4.98 Å². The number of methoxy groups -OCH3 is 1. The van der Waals surface area contributed by atoms with Crippen molar-refractivity contribution >= 4 is 22.9 Å². The van der Waals surface area contributed by atoms with Gasteiger partial charge in [0, 0.05) is 0 Å². The smallest absolute Gasteiger partial charge is 0.246 e. The number of carbonyl (C=O) groups excluding carboxylic acids is 1. The van der Waals surface area contributed by atoms with Gasteiger partial charge < -0.3 is 14.0 Å². The molecular weight excluding hydrogens is 380 g/mol. The zero-order chi connectivity index (χ0) is 21.3. The van der Waals surface area contributed by atoms with Crippen molar-refractivity contribution in [2.75, 3.05) is 19.0 Å². The molecule has 0 radical (unpaired) electrons. The number of hydrogen-bond donors (Lipinski definition) is 1. The maximum absolute atomic E-state index is 12.6. The van der Waals surface area contributed by atoms with Crippen molar-refractivity contribution in [2.24, 2.45) is 11.8 Å². The summed E-state index contributed by atoms with van der Waals surface area (Å²) >= 11 is 0. The van der Waals surface area contributed by atoms with Crippen molar-refractivity contribution in [3.8, 4) is 17.6 Å². The summed E-state index contributed by atoms with van der Waals surface area (Å²) < 4.78 is 13.4. The van der Waals surface area contributed by atoms with Gasteiger partial charge in [-0.2, -0.15) is 5.26 Å². The average molecular weight is 404 g/mol. The van der Waals surface area contributed by atoms with E-state index in [0.717, 1.165) is 23.0 Å². The summed E-state index contributed by atoms with van der Waals surface area (Å²) in [6.45, 7) is 4.88. The third-order valence-electron chi connectivity index (χ3n) is 5.33. The number of nitrogens with one attached hydrogen (secondary N) is 1. The van der Waals surface area contributed by atoms with E-state index in [0.29, 0.717) is 30.0 Å². The van der Waals surface area contributed by atoms with Crippen molar-refractivity contribution in [1.29, 1.82) is 5.26 Å². The molecule has 154 valence electrons. The number of imidazole rings is 1. The Morgan fingerprint density at radius 1 is 1.23 bits per heavy atom. The molecule has 0 saturated carbocycles. The minimum Gasteiger partial charge on any atom is -0.493 e. The molecule has 1 aliphatic heterocycles. The summed E-state index contributed by atoms with van der Waals surface area (Å²) in [5.74, 6) is 0.944. The van der Waals surface area contributed by atoms with Crippen molar-refractivity contribution in [3.05, 3.63) is 48.0 Å². The monoisotopic (exact) mass is 404 g/mol. The molecule has 3 aromatic rings. The van der Waals surface area contributed by atoms with Crippen molar-refractivity contribution in [2.45, 2.75) is 26.3 Å². The van der Waals surface area contributed by atoms with Gasteiger partial charge in [0.1, 0.15) is 0 Å². The second-order valence-corrected chi connectivity index (χ2v) is 7.78. The van der Waals surface area contributed by atoms with Gasteiger partial charge in [0.05, 0.1) is 36.9 Å². The molecular formula is C23H24N4O3. The van der Waals surface area contributed by atoms with Crippen LogP contribution in [0.25, 0.3) is 11.0 Å². The largest absolute Gasteiger partial charge is 0.493 e. The first kappa shape index (κ1) is 19.8. The Morgan fingerprint density at radius 3 is 2.77 bits per heavy atom. The number of amides is 1. The van der Waals surface area contributed by atoms with Crippen molar-refractivity contribution < 1.29 is 14.3 Å². The van der Waals surface area contributed by atoms with Crippen LogP contribution in [-0.2, 0) is 4.79 Å². The summed E-state index contributed by atoms with van der Waals surface area (Å²) in [4.78, 5) is 17.2. The van der Waals surface area contributed by atoms with Gasteiger partial charge in [-0.05, 0) is 42.2 Å². The van der Waals surface area contributed by atoms with Crippen LogP contribution >= 0.6 is 0 Å². The van der Waals surface area contributed by atoms with E-state index in [2.05, 4.69) is 30.2 Å². The topological polar surface area (TPSA) is 89.2 Å². The lowest BCUT2D eigenvalue weighted by molar-refractivity contribution is -0.119. The van der Waals surface area contributed by atoms with Gasteiger partial charge in [0.2, 0.25) is 11.9 Å². The maximum atomic E-state index is 12.6. The van der Waals surface area contributed by atoms with Crippen LogP contribution in [0.1, 0.15) is 31.9 Å². The molecule has 2 heterocycles. The fraction of sp³-hybridized carbons (Fsp3) is 0.348. The van der Waals surface area contributed by atoms with Crippen LogP contribution in [-0.4, -0.2) is 29.2 Å². The van der Waals surface area contributed by atoms with Gasteiger partial charge in [0.15, 0.2) is 17.4 Å². The van der Waals surface area contributed by atoms with Crippen molar-refractivity contribution in [1.82, 2.24) is 9.55 Å². The number of hydrogen-bond acceptors (Lipinski definition) is 5. The first-order chi connectivity index (χ1) is 14.5. The van der Waals surface area contributed by atoms with E-state index in [1.165, 1.54) is 0 Å². The molecule has 30 heavy (non-hydrogen) atoms. The second kappa shape index (κ2) is 8.07. The fourth-order valence-corrected chi connectivity index (χ4v) is 3.76. The average Bonchev–Trinajstić information content (AvgIpc) is 3.10. The molecule has 7 heteroatoms. The Balaban J connectivity index is 1.79. The molecule has 1 N–H and O–H groups in total. The molecule has 0 saturated heterocycles. The lowest BCUT2D eigenvalue weighted by Gasteiger charge is -2.30. The highest BCUT2D eigenvalue weighted by Crippen LogP contribution is 2.40. The predicted molar refractivity (Wildman–Crippen MR) is 114 cm³/mol. The second-order valence-electron chi connectivity index (χ2n) is 7.78. The lowest BCUT2D eigenvalue weighted by atomic mass is 9.91. The van der Waals surface area contributed by atoms with E-state index in [9.17, 15) is 10.1 Å². The molecule has 0 bridgehead atoms.